The number of rotatable bonds is 4. The highest BCUT2D eigenvalue weighted by Gasteiger charge is 2.59. The summed E-state index contributed by atoms with van der Waals surface area (Å²) in [5.74, 6) is -0.650. The highest BCUT2D eigenvalue weighted by Crippen LogP contribution is 2.57. The number of nitrogens with zero attached hydrogens (tertiary/aromatic N) is 1. The quantitative estimate of drug-likeness (QED) is 0.565. The third-order valence-corrected chi connectivity index (χ3v) is 6.85. The minimum atomic E-state index is -0.702. The standard InChI is InChI=1S/C27H25NO5/c1-31-17-14-12-16(13-15-17)28-24(26(29)32-2)22-20-10-6-4-8-18(20)19-9-5-7-11-21(19)23(22)25(28)27(30)33-3/h4-15,22-25H,1-3H3. The van der Waals surface area contributed by atoms with Gasteiger partial charge < -0.3 is 19.1 Å². The third kappa shape index (κ3) is 3.17. The van der Waals surface area contributed by atoms with Crippen LogP contribution in [0.1, 0.15) is 23.0 Å². The normalized spacial score (nSPS) is 22.6. The number of anilines is 1. The predicted molar refractivity (Wildman–Crippen MR) is 124 cm³/mol. The van der Waals surface area contributed by atoms with Crippen LogP contribution in [-0.2, 0) is 19.1 Å². The van der Waals surface area contributed by atoms with Crippen LogP contribution >= 0.6 is 0 Å². The van der Waals surface area contributed by atoms with E-state index in [9.17, 15) is 9.59 Å². The lowest BCUT2D eigenvalue weighted by Gasteiger charge is -2.33. The number of fused-ring (bicyclic) bond motifs is 6. The van der Waals surface area contributed by atoms with Crippen molar-refractivity contribution in [2.75, 3.05) is 26.2 Å². The topological polar surface area (TPSA) is 65.1 Å². The molecule has 6 heteroatoms. The van der Waals surface area contributed by atoms with Crippen molar-refractivity contribution in [3.8, 4) is 16.9 Å². The summed E-state index contributed by atoms with van der Waals surface area (Å²) in [7, 11) is 4.37. The summed E-state index contributed by atoms with van der Waals surface area (Å²) in [5, 5.41) is 0. The molecule has 1 saturated heterocycles. The number of benzene rings is 3. The molecule has 33 heavy (non-hydrogen) atoms. The number of hydrogen-bond donors (Lipinski definition) is 0. The number of carbonyl (C=O) groups is 2. The first kappa shape index (κ1) is 21.1. The van der Waals surface area contributed by atoms with Gasteiger partial charge in [-0.15, -0.1) is 0 Å². The lowest BCUT2D eigenvalue weighted by Crippen LogP contribution is -2.46. The average molecular weight is 443 g/mol. The summed E-state index contributed by atoms with van der Waals surface area (Å²) in [6.07, 6.45) is 0. The molecule has 4 unspecified atom stereocenters. The van der Waals surface area contributed by atoms with Crippen LogP contribution in [0.2, 0.25) is 0 Å². The number of hydrogen-bond acceptors (Lipinski definition) is 6. The van der Waals surface area contributed by atoms with E-state index < -0.39 is 12.1 Å². The molecule has 1 aliphatic carbocycles. The molecule has 0 aromatic heterocycles. The molecule has 168 valence electrons. The van der Waals surface area contributed by atoms with E-state index in [0.717, 1.165) is 27.9 Å². The van der Waals surface area contributed by atoms with E-state index in [1.807, 2.05) is 65.6 Å². The Balaban J connectivity index is 1.79. The Bertz CT molecular complexity index is 1130. The van der Waals surface area contributed by atoms with Gasteiger partial charge in [-0.2, -0.15) is 0 Å². The highest BCUT2D eigenvalue weighted by molar-refractivity contribution is 5.93. The number of methoxy groups -OCH3 is 3. The maximum atomic E-state index is 13.3. The third-order valence-electron chi connectivity index (χ3n) is 6.85. The van der Waals surface area contributed by atoms with Crippen molar-refractivity contribution in [2.24, 2.45) is 0 Å². The van der Waals surface area contributed by atoms with E-state index in [0.29, 0.717) is 5.75 Å². The zero-order valence-electron chi connectivity index (χ0n) is 18.7. The second-order valence-corrected chi connectivity index (χ2v) is 8.27. The van der Waals surface area contributed by atoms with Crippen molar-refractivity contribution in [3.63, 3.8) is 0 Å². The smallest absolute Gasteiger partial charge is 0.329 e. The Labute approximate surface area is 192 Å². The van der Waals surface area contributed by atoms with Gasteiger partial charge in [-0.1, -0.05) is 48.5 Å². The van der Waals surface area contributed by atoms with Crippen LogP contribution in [0.25, 0.3) is 11.1 Å². The molecule has 0 saturated carbocycles. The van der Waals surface area contributed by atoms with Crippen molar-refractivity contribution in [3.05, 3.63) is 83.9 Å². The molecule has 0 N–H and O–H groups in total. The lowest BCUT2D eigenvalue weighted by atomic mass is 9.69. The van der Waals surface area contributed by atoms with Crippen molar-refractivity contribution in [2.45, 2.75) is 23.9 Å². The number of carbonyl (C=O) groups excluding carboxylic acids is 2. The van der Waals surface area contributed by atoms with Crippen LogP contribution in [0.5, 0.6) is 5.75 Å². The van der Waals surface area contributed by atoms with Gasteiger partial charge in [0, 0.05) is 17.5 Å². The molecular formula is C27H25NO5. The van der Waals surface area contributed by atoms with Gasteiger partial charge in [0.15, 0.2) is 0 Å². The van der Waals surface area contributed by atoms with Crippen molar-refractivity contribution in [1.29, 1.82) is 0 Å². The van der Waals surface area contributed by atoms with Crippen LogP contribution < -0.4 is 9.64 Å². The highest BCUT2D eigenvalue weighted by atomic mass is 16.5. The van der Waals surface area contributed by atoms with Gasteiger partial charge in [0.05, 0.1) is 21.3 Å². The first-order chi connectivity index (χ1) is 16.1. The fraction of sp³-hybridized carbons (Fsp3) is 0.259. The molecule has 3 aromatic rings. The van der Waals surface area contributed by atoms with Crippen LogP contribution in [-0.4, -0.2) is 45.4 Å². The van der Waals surface area contributed by atoms with Gasteiger partial charge in [0.1, 0.15) is 17.8 Å². The summed E-state index contributed by atoms with van der Waals surface area (Å²) in [6.45, 7) is 0. The van der Waals surface area contributed by atoms with Crippen molar-refractivity contribution < 1.29 is 23.8 Å². The maximum absolute atomic E-state index is 13.3. The molecule has 1 heterocycles. The molecule has 0 amide bonds. The zero-order valence-corrected chi connectivity index (χ0v) is 18.7. The second kappa shape index (κ2) is 8.28. The van der Waals surface area contributed by atoms with E-state index in [1.54, 1.807) is 7.11 Å². The number of esters is 2. The Morgan fingerprint density at radius 1 is 0.667 bits per heavy atom. The Morgan fingerprint density at radius 2 is 1.12 bits per heavy atom. The van der Waals surface area contributed by atoms with E-state index >= 15 is 0 Å². The minimum absolute atomic E-state index is 0.283. The molecule has 0 bridgehead atoms. The molecule has 6 nitrogen and oxygen atoms in total. The molecule has 0 spiro atoms. The van der Waals surface area contributed by atoms with Crippen LogP contribution in [0.4, 0.5) is 5.69 Å². The molecular weight excluding hydrogens is 418 g/mol. The first-order valence-corrected chi connectivity index (χ1v) is 10.9. The summed E-state index contributed by atoms with van der Waals surface area (Å²) < 4.78 is 15.9. The molecule has 2 aliphatic rings. The molecule has 1 fully saturated rings. The molecule has 1 aliphatic heterocycles. The molecule has 5 rings (SSSR count). The molecule has 3 aromatic carbocycles. The van der Waals surface area contributed by atoms with Gasteiger partial charge in [0.25, 0.3) is 0 Å². The van der Waals surface area contributed by atoms with E-state index in [-0.39, 0.29) is 23.8 Å². The molecule has 4 atom stereocenters. The Hall–Kier alpha value is -3.80. The predicted octanol–water partition coefficient (Wildman–Crippen LogP) is 4.15. The zero-order chi connectivity index (χ0) is 23.1. The van der Waals surface area contributed by atoms with E-state index in [2.05, 4.69) is 12.1 Å². The van der Waals surface area contributed by atoms with Gasteiger partial charge in [-0.3, -0.25) is 0 Å². The summed E-state index contributed by atoms with van der Waals surface area (Å²) >= 11 is 0. The minimum Gasteiger partial charge on any atom is -0.497 e. The van der Waals surface area contributed by atoms with Crippen LogP contribution in [0.15, 0.2) is 72.8 Å². The lowest BCUT2D eigenvalue weighted by molar-refractivity contribution is -0.143. The van der Waals surface area contributed by atoms with Crippen LogP contribution in [0, 0.1) is 0 Å². The monoisotopic (exact) mass is 443 g/mol. The summed E-state index contributed by atoms with van der Waals surface area (Å²) in [6, 6.07) is 22.1. The van der Waals surface area contributed by atoms with E-state index in [1.165, 1.54) is 14.2 Å². The largest absolute Gasteiger partial charge is 0.497 e. The van der Waals surface area contributed by atoms with Gasteiger partial charge in [0.2, 0.25) is 0 Å². The van der Waals surface area contributed by atoms with Crippen molar-refractivity contribution in [1.82, 2.24) is 0 Å². The average Bonchev–Trinajstić information content (AvgIpc) is 3.24. The van der Waals surface area contributed by atoms with Crippen molar-refractivity contribution >= 4 is 17.6 Å². The SMILES string of the molecule is COC(=O)C1C2c3ccccc3-c3ccccc3C2C(C(=O)OC)N1c1ccc(OC)cc1. The van der Waals surface area contributed by atoms with E-state index in [4.69, 9.17) is 14.2 Å². The fourth-order valence-electron chi connectivity index (χ4n) is 5.54. The fourth-order valence-corrected chi connectivity index (χ4v) is 5.54. The maximum Gasteiger partial charge on any atom is 0.329 e. The number of ether oxygens (including phenoxy) is 3. The Morgan fingerprint density at radius 3 is 1.55 bits per heavy atom. The second-order valence-electron chi connectivity index (χ2n) is 8.27. The summed E-state index contributed by atoms with van der Waals surface area (Å²) in [5.41, 5.74) is 4.93. The summed E-state index contributed by atoms with van der Waals surface area (Å²) in [4.78, 5) is 28.5. The van der Waals surface area contributed by atoms with Crippen LogP contribution in [0.3, 0.4) is 0 Å². The van der Waals surface area contributed by atoms with Gasteiger partial charge >= 0.3 is 11.9 Å². The first-order valence-electron chi connectivity index (χ1n) is 10.9. The Kier molecular flexibility index (Phi) is 5.29. The van der Waals surface area contributed by atoms with Gasteiger partial charge in [-0.05, 0) is 46.5 Å². The van der Waals surface area contributed by atoms with Gasteiger partial charge in [-0.25, -0.2) is 9.59 Å². The molecule has 0 radical (unpaired) electrons.